The van der Waals surface area contributed by atoms with Gasteiger partial charge in [0.15, 0.2) is 17.1 Å². The van der Waals surface area contributed by atoms with Crippen molar-refractivity contribution in [2.75, 3.05) is 25.7 Å². The average Bonchev–Trinajstić information content (AvgIpc) is 3.44. The van der Waals surface area contributed by atoms with Crippen molar-refractivity contribution in [2.45, 2.75) is 20.0 Å². The van der Waals surface area contributed by atoms with Gasteiger partial charge in [-0.05, 0) is 36.2 Å². The molecule has 0 amide bonds. The summed E-state index contributed by atoms with van der Waals surface area (Å²) >= 11 is 0. The van der Waals surface area contributed by atoms with Gasteiger partial charge in [0.05, 0.1) is 27.0 Å². The lowest BCUT2D eigenvalue weighted by atomic mass is 10.1. The van der Waals surface area contributed by atoms with Crippen LogP contribution in [0.25, 0.3) is 28.5 Å². The fourth-order valence-electron chi connectivity index (χ4n) is 5.02. The number of hydrogen-bond donors (Lipinski definition) is 0. The first kappa shape index (κ1) is 27.7. The van der Waals surface area contributed by atoms with Crippen LogP contribution in [0.2, 0.25) is 0 Å². The zero-order valence-electron chi connectivity index (χ0n) is 24.3. The molecule has 0 unspecified atom stereocenters. The van der Waals surface area contributed by atoms with E-state index in [1.807, 2.05) is 84.3 Å². The summed E-state index contributed by atoms with van der Waals surface area (Å²) in [5.41, 5.74) is 4.60. The third-order valence-electron chi connectivity index (χ3n) is 6.98. The van der Waals surface area contributed by atoms with E-state index in [2.05, 4.69) is 29.2 Å². The Hall–Kier alpha value is -5.44. The number of para-hydroxylation sites is 1. The van der Waals surface area contributed by atoms with Crippen LogP contribution in [0.5, 0.6) is 17.4 Å². The Morgan fingerprint density at radius 3 is 1.93 bits per heavy atom. The molecule has 0 aliphatic heterocycles. The molecule has 3 aromatic carbocycles. The minimum atomic E-state index is 0.467. The van der Waals surface area contributed by atoms with Crippen molar-refractivity contribution in [3.63, 3.8) is 0 Å². The lowest BCUT2D eigenvalue weighted by molar-refractivity contribution is 0.327. The van der Waals surface area contributed by atoms with Gasteiger partial charge < -0.3 is 19.1 Å². The summed E-state index contributed by atoms with van der Waals surface area (Å²) in [6.07, 6.45) is 1.78. The fourth-order valence-corrected chi connectivity index (χ4v) is 5.02. The SMILES string of the molecule is CCOc1cccc(-c2nc3ncc(N(Cc4ccccc4)Cc4ccccc4)nc3n2-c2c(OC)cccc2OC)n1. The Morgan fingerprint density at radius 2 is 1.33 bits per heavy atom. The van der Waals surface area contributed by atoms with Gasteiger partial charge in [0, 0.05) is 19.2 Å². The van der Waals surface area contributed by atoms with Gasteiger partial charge in [-0.1, -0.05) is 72.8 Å². The number of fused-ring (bicyclic) bond motifs is 1. The molecular weight excluding hydrogens is 540 g/mol. The Kier molecular flexibility index (Phi) is 8.13. The van der Waals surface area contributed by atoms with Crippen LogP contribution in [0.1, 0.15) is 18.1 Å². The van der Waals surface area contributed by atoms with Crippen molar-refractivity contribution in [3.8, 4) is 34.6 Å². The lowest BCUT2D eigenvalue weighted by Crippen LogP contribution is -2.23. The smallest absolute Gasteiger partial charge is 0.213 e. The van der Waals surface area contributed by atoms with Crippen LogP contribution in [-0.4, -0.2) is 45.3 Å². The molecule has 6 rings (SSSR count). The van der Waals surface area contributed by atoms with Gasteiger partial charge >= 0.3 is 0 Å². The largest absolute Gasteiger partial charge is 0.494 e. The average molecular weight is 573 g/mol. The lowest BCUT2D eigenvalue weighted by Gasteiger charge is -2.24. The maximum atomic E-state index is 5.82. The van der Waals surface area contributed by atoms with E-state index in [1.165, 1.54) is 0 Å². The van der Waals surface area contributed by atoms with Gasteiger partial charge in [0.2, 0.25) is 5.88 Å². The Labute approximate surface area is 250 Å². The summed E-state index contributed by atoms with van der Waals surface area (Å²) in [5, 5.41) is 0. The van der Waals surface area contributed by atoms with Gasteiger partial charge in [0.1, 0.15) is 28.7 Å². The second-order valence-electron chi connectivity index (χ2n) is 9.78. The van der Waals surface area contributed by atoms with Crippen molar-refractivity contribution >= 4 is 17.1 Å². The molecular formula is C34H32N6O3. The summed E-state index contributed by atoms with van der Waals surface area (Å²) in [6.45, 7) is 3.72. The van der Waals surface area contributed by atoms with E-state index in [1.54, 1.807) is 20.4 Å². The number of ether oxygens (including phenoxy) is 3. The van der Waals surface area contributed by atoms with Crippen LogP contribution in [0.4, 0.5) is 5.82 Å². The molecule has 9 heteroatoms. The molecule has 0 spiro atoms. The van der Waals surface area contributed by atoms with E-state index >= 15 is 0 Å². The molecule has 0 aliphatic carbocycles. The summed E-state index contributed by atoms with van der Waals surface area (Å²) in [5.74, 6) is 2.94. The van der Waals surface area contributed by atoms with Crippen LogP contribution in [-0.2, 0) is 13.1 Å². The number of benzene rings is 3. The molecule has 0 saturated heterocycles. The molecule has 0 N–H and O–H groups in total. The highest BCUT2D eigenvalue weighted by Crippen LogP contribution is 2.38. The Morgan fingerprint density at radius 1 is 0.698 bits per heavy atom. The first-order chi connectivity index (χ1) is 21.2. The van der Waals surface area contributed by atoms with E-state index in [9.17, 15) is 0 Å². The van der Waals surface area contributed by atoms with Gasteiger partial charge in [-0.15, -0.1) is 0 Å². The molecule has 0 atom stereocenters. The number of rotatable bonds is 11. The predicted molar refractivity (Wildman–Crippen MR) is 167 cm³/mol. The van der Waals surface area contributed by atoms with Gasteiger partial charge in [0.25, 0.3) is 0 Å². The minimum absolute atomic E-state index is 0.467. The molecule has 9 nitrogen and oxygen atoms in total. The van der Waals surface area contributed by atoms with Crippen LogP contribution in [0, 0.1) is 0 Å². The zero-order valence-corrected chi connectivity index (χ0v) is 24.3. The van der Waals surface area contributed by atoms with Gasteiger partial charge in [-0.25, -0.2) is 19.9 Å². The number of aromatic nitrogens is 5. The molecule has 0 bridgehead atoms. The van der Waals surface area contributed by atoms with Crippen LogP contribution >= 0.6 is 0 Å². The van der Waals surface area contributed by atoms with Crippen LogP contribution in [0.3, 0.4) is 0 Å². The summed E-state index contributed by atoms with van der Waals surface area (Å²) in [7, 11) is 3.26. The molecule has 0 radical (unpaired) electrons. The van der Waals surface area contributed by atoms with E-state index in [4.69, 9.17) is 34.1 Å². The first-order valence-electron chi connectivity index (χ1n) is 14.1. The highest BCUT2D eigenvalue weighted by Gasteiger charge is 2.25. The Bertz CT molecular complexity index is 1760. The van der Waals surface area contributed by atoms with Crippen molar-refractivity contribution in [1.29, 1.82) is 0 Å². The van der Waals surface area contributed by atoms with E-state index in [0.29, 0.717) is 71.4 Å². The monoisotopic (exact) mass is 572 g/mol. The second-order valence-corrected chi connectivity index (χ2v) is 9.78. The standard InChI is InChI=1S/C34H32N6O3/c1-4-43-30-20-11-17-26(36-30)33-38-32-34(40(33)31-27(41-2)18-12-19-28(31)42-3)37-29(21-35-32)39(22-24-13-7-5-8-14-24)23-25-15-9-6-10-16-25/h5-21H,4,22-23H2,1-3H3. The van der Waals surface area contributed by atoms with Gasteiger partial charge in [-0.2, -0.15) is 0 Å². The van der Waals surface area contributed by atoms with E-state index < -0.39 is 0 Å². The summed E-state index contributed by atoms with van der Waals surface area (Å²) < 4.78 is 19.2. The van der Waals surface area contributed by atoms with Crippen molar-refractivity contribution < 1.29 is 14.2 Å². The van der Waals surface area contributed by atoms with Crippen molar-refractivity contribution in [2.24, 2.45) is 0 Å². The summed E-state index contributed by atoms with van der Waals surface area (Å²) in [6, 6.07) is 31.9. The highest BCUT2D eigenvalue weighted by atomic mass is 16.5. The molecule has 0 saturated carbocycles. The fraction of sp³-hybridized carbons (Fsp3) is 0.176. The molecule has 3 aromatic heterocycles. The first-order valence-corrected chi connectivity index (χ1v) is 14.1. The van der Waals surface area contributed by atoms with Crippen molar-refractivity contribution in [3.05, 3.63) is 114 Å². The topological polar surface area (TPSA) is 87.4 Å². The number of nitrogens with zero attached hydrogens (tertiary/aromatic N) is 6. The number of hydrogen-bond acceptors (Lipinski definition) is 8. The number of imidazole rings is 1. The maximum absolute atomic E-state index is 5.82. The quantitative estimate of drug-likeness (QED) is 0.174. The molecule has 216 valence electrons. The summed E-state index contributed by atoms with van der Waals surface area (Å²) in [4.78, 5) is 21.9. The minimum Gasteiger partial charge on any atom is -0.494 e. The normalized spacial score (nSPS) is 11.0. The van der Waals surface area contributed by atoms with E-state index in [0.717, 1.165) is 11.1 Å². The van der Waals surface area contributed by atoms with Gasteiger partial charge in [-0.3, -0.25) is 4.57 Å². The maximum Gasteiger partial charge on any atom is 0.213 e. The highest BCUT2D eigenvalue weighted by molar-refractivity contribution is 5.80. The molecule has 6 aromatic rings. The zero-order chi connectivity index (χ0) is 29.6. The molecule has 3 heterocycles. The number of methoxy groups -OCH3 is 2. The molecule has 0 aliphatic rings. The molecule has 43 heavy (non-hydrogen) atoms. The van der Waals surface area contributed by atoms with Crippen molar-refractivity contribution in [1.82, 2.24) is 24.5 Å². The van der Waals surface area contributed by atoms with E-state index in [-0.39, 0.29) is 0 Å². The van der Waals surface area contributed by atoms with Crippen LogP contribution < -0.4 is 19.1 Å². The number of anilines is 1. The second kappa shape index (κ2) is 12.6. The third kappa shape index (κ3) is 5.83. The predicted octanol–water partition coefficient (Wildman–Crippen LogP) is 6.50. The van der Waals surface area contributed by atoms with Crippen LogP contribution in [0.15, 0.2) is 103 Å². The third-order valence-corrected chi connectivity index (χ3v) is 6.98. The molecule has 0 fully saturated rings. The number of pyridine rings is 1. The Balaban J connectivity index is 1.57.